The number of aliphatic carboxylic acids is 1. The number of ketones is 2. The zero-order valence-corrected chi connectivity index (χ0v) is 28.1. The number of Topliss-reactive ketones (excluding diaryl/α,β-unsaturated/α-hetero) is 2. The molecule has 1 aromatic carbocycles. The molecule has 0 unspecified atom stereocenters. The fraction of sp³-hybridized carbons (Fsp3) is 0.474. The van der Waals surface area contributed by atoms with Crippen LogP contribution in [0, 0.1) is 11.8 Å². The fourth-order valence-corrected chi connectivity index (χ4v) is 8.19. The summed E-state index contributed by atoms with van der Waals surface area (Å²) >= 11 is 0. The maximum absolute atomic E-state index is 14.7. The minimum atomic E-state index is -1.70. The van der Waals surface area contributed by atoms with E-state index in [-0.39, 0.29) is 53.4 Å². The van der Waals surface area contributed by atoms with Gasteiger partial charge in [0.15, 0.2) is 22.8 Å². The van der Waals surface area contributed by atoms with Crippen molar-refractivity contribution >= 4 is 29.9 Å². The van der Waals surface area contributed by atoms with E-state index in [2.05, 4.69) is 0 Å². The average molecular weight is 659 g/mol. The van der Waals surface area contributed by atoms with E-state index in [0.29, 0.717) is 47.3 Å². The summed E-state index contributed by atoms with van der Waals surface area (Å²) in [4.78, 5) is 52.0. The molecule has 4 bridgehead atoms. The lowest BCUT2D eigenvalue weighted by Gasteiger charge is -2.56. The molecule has 3 N–H and O–H groups in total. The highest BCUT2D eigenvalue weighted by Gasteiger charge is 2.81. The minimum Gasteiger partial charge on any atom is -0.506 e. The molecule has 2 fully saturated rings. The topological polar surface area (TPSA) is 157 Å². The molecule has 6 aliphatic rings. The SMILES string of the molecule is C/C(=C/C[C@@]12OC(C)(C)[C@@H]3C[C@@H](C=C4C(=O)c5c(O)c6c(c(C/C=C(\C)CO)c5O[C@]431)O[C@](C)(CC/C=C(\C)C=O)C=C6)C2=O)C(=O)O. The summed E-state index contributed by atoms with van der Waals surface area (Å²) in [6.07, 6.45) is 12.5. The Kier molecular flexibility index (Phi) is 7.99. The van der Waals surface area contributed by atoms with Gasteiger partial charge in [-0.25, -0.2) is 4.79 Å². The first-order valence-corrected chi connectivity index (χ1v) is 16.3. The second-order valence-electron chi connectivity index (χ2n) is 14.5. The van der Waals surface area contributed by atoms with Crippen LogP contribution in [-0.2, 0) is 25.5 Å². The Morgan fingerprint density at radius 3 is 2.46 bits per heavy atom. The van der Waals surface area contributed by atoms with E-state index in [4.69, 9.17) is 14.2 Å². The first-order chi connectivity index (χ1) is 22.6. The van der Waals surface area contributed by atoms with Gasteiger partial charge < -0.3 is 29.5 Å². The van der Waals surface area contributed by atoms with Gasteiger partial charge in [-0.1, -0.05) is 29.9 Å². The predicted molar refractivity (Wildman–Crippen MR) is 176 cm³/mol. The van der Waals surface area contributed by atoms with E-state index in [1.807, 2.05) is 32.9 Å². The number of fused-ring (bicyclic) bond motifs is 2. The van der Waals surface area contributed by atoms with Gasteiger partial charge in [0, 0.05) is 35.0 Å². The number of phenols is 1. The standard InChI is InChI=1S/C38H42O10/c1-20(18-39)8-7-13-36(6)14-12-24-29(41)28-30(42)26-16-23-17-27-35(4,5)48-37(33(23)43,15-11-22(3)34(44)45)38(26,27)47-32(28)25(31(24)46-36)10-9-21(2)19-40/h8-9,11-12,14,16,18,23,27,40-41H,7,10,13,15,17,19H2,1-6H3,(H,44,45)/b20-8+,21-9+,22-11-/t23-,27+,36-,37+,38-/m1/s1. The van der Waals surface area contributed by atoms with Gasteiger partial charge in [-0.15, -0.1) is 0 Å². The lowest BCUT2D eigenvalue weighted by atomic mass is 9.51. The van der Waals surface area contributed by atoms with Crippen molar-refractivity contribution in [2.45, 2.75) is 96.1 Å². The number of rotatable bonds is 10. The Hall–Kier alpha value is -4.28. The summed E-state index contributed by atoms with van der Waals surface area (Å²) in [7, 11) is 0. The number of aromatic hydroxyl groups is 1. The molecule has 1 aromatic rings. The van der Waals surface area contributed by atoms with Gasteiger partial charge in [0.25, 0.3) is 0 Å². The molecular weight excluding hydrogens is 616 g/mol. The molecule has 1 saturated carbocycles. The number of aldehydes is 1. The summed E-state index contributed by atoms with van der Waals surface area (Å²) in [6, 6.07) is 0. The van der Waals surface area contributed by atoms with Crippen LogP contribution in [0.5, 0.6) is 17.2 Å². The summed E-state index contributed by atoms with van der Waals surface area (Å²) < 4.78 is 20.4. The maximum Gasteiger partial charge on any atom is 0.330 e. The molecule has 7 rings (SSSR count). The molecule has 1 spiro atoms. The fourth-order valence-electron chi connectivity index (χ4n) is 8.19. The number of carboxylic acids is 1. The van der Waals surface area contributed by atoms with Gasteiger partial charge in [-0.3, -0.25) is 14.4 Å². The summed E-state index contributed by atoms with van der Waals surface area (Å²) in [5, 5.41) is 31.2. The number of allylic oxidation sites excluding steroid dienone is 4. The van der Waals surface area contributed by atoms with Gasteiger partial charge in [0.05, 0.1) is 17.8 Å². The van der Waals surface area contributed by atoms with Crippen LogP contribution in [0.3, 0.4) is 0 Å². The van der Waals surface area contributed by atoms with Crippen molar-refractivity contribution in [2.24, 2.45) is 11.8 Å². The minimum absolute atomic E-state index is 0.0302. The van der Waals surface area contributed by atoms with Gasteiger partial charge in [0.2, 0.25) is 0 Å². The van der Waals surface area contributed by atoms with E-state index in [9.17, 15) is 34.5 Å². The number of carbonyl (C=O) groups is 4. The molecule has 254 valence electrons. The van der Waals surface area contributed by atoms with Gasteiger partial charge >= 0.3 is 5.97 Å². The predicted octanol–water partition coefficient (Wildman–Crippen LogP) is 5.39. The van der Waals surface area contributed by atoms with Crippen LogP contribution in [0.25, 0.3) is 6.08 Å². The number of aliphatic hydroxyl groups excluding tert-OH is 1. The van der Waals surface area contributed by atoms with Crippen molar-refractivity contribution < 1.29 is 48.7 Å². The Morgan fingerprint density at radius 1 is 1.06 bits per heavy atom. The summed E-state index contributed by atoms with van der Waals surface area (Å²) in [6.45, 7) is 10.3. The number of hydrogen-bond acceptors (Lipinski definition) is 9. The van der Waals surface area contributed by atoms with Crippen molar-refractivity contribution in [3.05, 3.63) is 69.4 Å². The number of carboxylic acid groups (broad SMARTS) is 1. The Labute approximate surface area is 279 Å². The zero-order chi connectivity index (χ0) is 35.0. The summed E-state index contributed by atoms with van der Waals surface area (Å²) in [5.41, 5.74) is -2.80. The van der Waals surface area contributed by atoms with Gasteiger partial charge in [-0.05, 0) is 85.0 Å². The van der Waals surface area contributed by atoms with Crippen molar-refractivity contribution in [3.8, 4) is 17.2 Å². The Morgan fingerprint density at radius 2 is 1.79 bits per heavy atom. The lowest BCUT2D eigenvalue weighted by Crippen LogP contribution is -2.72. The first-order valence-electron chi connectivity index (χ1n) is 16.3. The molecule has 10 heteroatoms. The third kappa shape index (κ3) is 4.75. The lowest BCUT2D eigenvalue weighted by molar-refractivity contribution is -0.171. The second-order valence-corrected chi connectivity index (χ2v) is 14.5. The molecule has 1 saturated heterocycles. The molecule has 0 amide bonds. The molecular formula is C38H42O10. The van der Waals surface area contributed by atoms with E-state index < -0.39 is 46.0 Å². The van der Waals surface area contributed by atoms with Crippen molar-refractivity contribution in [1.82, 2.24) is 0 Å². The molecule has 3 aliphatic heterocycles. The average Bonchev–Trinajstić information content (AvgIpc) is 3.19. The van der Waals surface area contributed by atoms with Crippen LogP contribution >= 0.6 is 0 Å². The van der Waals surface area contributed by atoms with Crippen LogP contribution in [-0.4, -0.2) is 68.2 Å². The second kappa shape index (κ2) is 11.4. The molecule has 0 aromatic heterocycles. The largest absolute Gasteiger partial charge is 0.506 e. The quantitative estimate of drug-likeness (QED) is 0.169. The molecule has 48 heavy (non-hydrogen) atoms. The molecule has 10 nitrogen and oxygen atoms in total. The van der Waals surface area contributed by atoms with Crippen LogP contribution in [0.2, 0.25) is 0 Å². The third-order valence-corrected chi connectivity index (χ3v) is 10.8. The maximum atomic E-state index is 14.7. The number of aliphatic hydroxyl groups is 1. The molecule has 3 aliphatic carbocycles. The van der Waals surface area contributed by atoms with Gasteiger partial charge in [-0.2, -0.15) is 0 Å². The van der Waals surface area contributed by atoms with Crippen LogP contribution < -0.4 is 9.47 Å². The van der Waals surface area contributed by atoms with Gasteiger partial charge in [0.1, 0.15) is 34.7 Å². The highest BCUT2D eigenvalue weighted by atomic mass is 16.6. The normalized spacial score (nSPS) is 31.4. The van der Waals surface area contributed by atoms with Crippen LogP contribution in [0.4, 0.5) is 0 Å². The number of ether oxygens (including phenoxy) is 3. The number of hydrogen-bond donors (Lipinski definition) is 3. The van der Waals surface area contributed by atoms with E-state index in [0.717, 1.165) is 6.29 Å². The van der Waals surface area contributed by atoms with Crippen molar-refractivity contribution in [3.63, 3.8) is 0 Å². The molecule has 3 heterocycles. The highest BCUT2D eigenvalue weighted by molar-refractivity contribution is 6.19. The van der Waals surface area contributed by atoms with Crippen LogP contribution in [0.1, 0.15) is 88.7 Å². The monoisotopic (exact) mass is 658 g/mol. The van der Waals surface area contributed by atoms with Crippen molar-refractivity contribution in [1.29, 1.82) is 0 Å². The van der Waals surface area contributed by atoms with Crippen molar-refractivity contribution in [2.75, 3.05) is 6.61 Å². The third-order valence-electron chi connectivity index (χ3n) is 10.8. The molecule has 5 atom stereocenters. The summed E-state index contributed by atoms with van der Waals surface area (Å²) in [5.74, 6) is -2.91. The Bertz CT molecular complexity index is 1800. The van der Waals surface area contributed by atoms with E-state index in [1.165, 1.54) is 13.0 Å². The smallest absolute Gasteiger partial charge is 0.330 e. The zero-order valence-electron chi connectivity index (χ0n) is 28.1. The Balaban J connectivity index is 1.58. The van der Waals surface area contributed by atoms with Crippen LogP contribution in [0.15, 0.2) is 52.7 Å². The number of benzene rings is 1. The number of carbonyl (C=O) groups excluding carboxylic acids is 3. The molecule has 0 radical (unpaired) electrons. The highest BCUT2D eigenvalue weighted by Crippen LogP contribution is 2.68. The number of phenolic OH excluding ortho intramolecular Hbond substituents is 1. The van der Waals surface area contributed by atoms with E-state index in [1.54, 1.807) is 32.1 Å². The first kappa shape index (κ1) is 33.6. The van der Waals surface area contributed by atoms with E-state index >= 15 is 0 Å².